The van der Waals surface area contributed by atoms with Crippen LogP contribution in [0.2, 0.25) is 0 Å². The number of rotatable bonds is 18. The van der Waals surface area contributed by atoms with E-state index in [9.17, 15) is 9.59 Å². The fourth-order valence-corrected chi connectivity index (χ4v) is 6.07. The Balaban J connectivity index is 1.08. The van der Waals surface area contributed by atoms with Crippen LogP contribution in [0.1, 0.15) is 85.9 Å². The summed E-state index contributed by atoms with van der Waals surface area (Å²) in [5.41, 5.74) is 2.03. The Hall–Kier alpha value is -4.42. The number of esters is 2. The second-order valence-corrected chi connectivity index (χ2v) is 13.1. The maximum atomic E-state index is 12.8. The number of ether oxygens (including phenoxy) is 2. The second kappa shape index (κ2) is 18.2. The van der Waals surface area contributed by atoms with E-state index in [0.29, 0.717) is 33.7 Å². The molecule has 0 spiro atoms. The van der Waals surface area contributed by atoms with Gasteiger partial charge in [0, 0.05) is 22.6 Å². The lowest BCUT2D eigenvalue weighted by Crippen LogP contribution is -2.11. The zero-order valence-electron chi connectivity index (χ0n) is 27.1. The third-order valence-corrected chi connectivity index (χ3v) is 9.05. The molecule has 250 valence electrons. The summed E-state index contributed by atoms with van der Waals surface area (Å²) in [5.74, 6) is 2.30. The van der Waals surface area contributed by atoms with E-state index in [1.807, 2.05) is 0 Å². The van der Waals surface area contributed by atoms with Gasteiger partial charge < -0.3 is 18.3 Å². The smallest absolute Gasteiger partial charge is 0.343 e. The monoisotopic (exact) mass is 686 g/mol. The van der Waals surface area contributed by atoms with Gasteiger partial charge in [-0.1, -0.05) is 75.9 Å². The Kier molecular flexibility index (Phi) is 13.2. The van der Waals surface area contributed by atoms with Crippen LogP contribution in [0.25, 0.3) is 22.9 Å². The first-order valence-electron chi connectivity index (χ1n) is 16.2. The molecule has 0 aliphatic rings. The second-order valence-electron chi connectivity index (χ2n) is 11.0. The molecule has 5 rings (SSSR count). The van der Waals surface area contributed by atoms with Crippen molar-refractivity contribution in [1.82, 2.24) is 20.4 Å². The van der Waals surface area contributed by atoms with E-state index in [0.717, 1.165) is 35.5 Å². The quantitative estimate of drug-likeness (QED) is 0.0376. The number of carbonyl (C=O) groups excluding carboxylic acids is 2. The van der Waals surface area contributed by atoms with Crippen LogP contribution >= 0.6 is 23.5 Å². The number of nitrogens with zero attached hydrogens (tertiary/aromatic N) is 4. The minimum atomic E-state index is -0.558. The van der Waals surface area contributed by atoms with Crippen molar-refractivity contribution in [3.8, 4) is 34.4 Å². The summed E-state index contributed by atoms with van der Waals surface area (Å²) in [6.07, 6.45) is 9.47. The zero-order chi connectivity index (χ0) is 33.6. The van der Waals surface area contributed by atoms with Gasteiger partial charge in [-0.25, -0.2) is 9.59 Å². The minimum absolute atomic E-state index is 0.288. The normalized spacial score (nSPS) is 11.0. The van der Waals surface area contributed by atoms with E-state index in [1.165, 1.54) is 62.8 Å². The molecule has 0 atom stereocenters. The average molecular weight is 687 g/mol. The molecule has 5 aromatic rings. The van der Waals surface area contributed by atoms with Crippen molar-refractivity contribution in [2.75, 3.05) is 11.5 Å². The first-order chi connectivity index (χ1) is 23.5. The van der Waals surface area contributed by atoms with E-state index < -0.39 is 11.9 Å². The Morgan fingerprint density at radius 2 is 0.938 bits per heavy atom. The topological polar surface area (TPSA) is 130 Å². The number of hydrogen-bond donors (Lipinski definition) is 0. The highest BCUT2D eigenvalue weighted by molar-refractivity contribution is 7.99. The maximum absolute atomic E-state index is 12.8. The molecular weight excluding hydrogens is 649 g/mol. The third-order valence-electron chi connectivity index (χ3n) is 7.24. The van der Waals surface area contributed by atoms with Gasteiger partial charge >= 0.3 is 11.9 Å². The Labute approximate surface area is 288 Å². The molecule has 0 saturated carbocycles. The number of unbranched alkanes of at least 4 members (excludes halogenated alkanes) is 6. The number of benzene rings is 3. The van der Waals surface area contributed by atoms with Crippen LogP contribution in [0.5, 0.6) is 11.5 Å². The summed E-state index contributed by atoms with van der Waals surface area (Å²) < 4.78 is 22.6. The van der Waals surface area contributed by atoms with Gasteiger partial charge in [-0.05, 0) is 85.6 Å². The van der Waals surface area contributed by atoms with Gasteiger partial charge in [-0.3, -0.25) is 0 Å². The predicted octanol–water partition coefficient (Wildman–Crippen LogP) is 9.57. The molecular formula is C36H38N4O6S2. The molecule has 0 saturated heterocycles. The highest BCUT2D eigenvalue weighted by Gasteiger charge is 2.15. The highest BCUT2D eigenvalue weighted by atomic mass is 32.2. The van der Waals surface area contributed by atoms with E-state index in [1.54, 1.807) is 72.1 Å². The average Bonchev–Trinajstić information content (AvgIpc) is 3.79. The van der Waals surface area contributed by atoms with Gasteiger partial charge in [0.25, 0.3) is 10.4 Å². The lowest BCUT2D eigenvalue weighted by atomic mass is 10.1. The van der Waals surface area contributed by atoms with Crippen molar-refractivity contribution in [2.24, 2.45) is 0 Å². The molecule has 0 bridgehead atoms. The van der Waals surface area contributed by atoms with Crippen molar-refractivity contribution < 1.29 is 27.9 Å². The van der Waals surface area contributed by atoms with Crippen LogP contribution < -0.4 is 9.47 Å². The van der Waals surface area contributed by atoms with Gasteiger partial charge in [-0.15, -0.1) is 20.4 Å². The van der Waals surface area contributed by atoms with E-state index in [-0.39, 0.29) is 11.1 Å². The van der Waals surface area contributed by atoms with Crippen molar-refractivity contribution in [3.05, 3.63) is 83.9 Å². The summed E-state index contributed by atoms with van der Waals surface area (Å²) >= 11 is 3.11. The molecule has 2 heterocycles. The fraction of sp³-hybridized carbons (Fsp3) is 0.333. The van der Waals surface area contributed by atoms with Crippen molar-refractivity contribution >= 4 is 35.5 Å². The van der Waals surface area contributed by atoms with Crippen LogP contribution in [-0.2, 0) is 0 Å². The Morgan fingerprint density at radius 1 is 0.542 bits per heavy atom. The first kappa shape index (κ1) is 34.9. The first-order valence-corrected chi connectivity index (χ1v) is 18.2. The molecule has 0 fully saturated rings. The molecule has 0 amide bonds. The van der Waals surface area contributed by atoms with Gasteiger partial charge in [0.05, 0.1) is 11.1 Å². The van der Waals surface area contributed by atoms with Crippen molar-refractivity contribution in [1.29, 1.82) is 0 Å². The lowest BCUT2D eigenvalue weighted by Gasteiger charge is -2.07. The molecule has 10 nitrogen and oxygen atoms in total. The van der Waals surface area contributed by atoms with Gasteiger partial charge in [0.1, 0.15) is 11.5 Å². The SMILES string of the molecule is CCCCCCSc1nnc(-c2ccc(OC(=O)c3ccc(C(=O)Oc4ccc(-c5nnc(SCCCCCC)o5)cc4)cc3)cc2)o1. The predicted molar refractivity (Wildman–Crippen MR) is 186 cm³/mol. The number of hydrogen-bond acceptors (Lipinski definition) is 12. The summed E-state index contributed by atoms with van der Waals surface area (Å²) in [7, 11) is 0. The largest absolute Gasteiger partial charge is 0.423 e. The molecule has 0 N–H and O–H groups in total. The third kappa shape index (κ3) is 10.3. The number of carbonyl (C=O) groups is 2. The van der Waals surface area contributed by atoms with Crippen molar-refractivity contribution in [2.45, 2.75) is 75.7 Å². The van der Waals surface area contributed by atoms with Crippen LogP contribution in [0.3, 0.4) is 0 Å². The van der Waals surface area contributed by atoms with E-state index in [2.05, 4.69) is 34.2 Å². The van der Waals surface area contributed by atoms with Crippen LogP contribution in [0, 0.1) is 0 Å². The maximum Gasteiger partial charge on any atom is 0.343 e. The zero-order valence-corrected chi connectivity index (χ0v) is 28.7. The molecule has 0 aliphatic carbocycles. The summed E-state index contributed by atoms with van der Waals surface area (Å²) in [4.78, 5) is 25.5. The minimum Gasteiger partial charge on any atom is -0.423 e. The summed E-state index contributed by atoms with van der Waals surface area (Å²) in [6, 6.07) is 19.8. The molecule has 0 unspecified atom stereocenters. The van der Waals surface area contributed by atoms with Crippen molar-refractivity contribution in [3.63, 3.8) is 0 Å². The van der Waals surface area contributed by atoms with Crippen LogP contribution in [-0.4, -0.2) is 43.8 Å². The van der Waals surface area contributed by atoms with Gasteiger partial charge in [-0.2, -0.15) is 0 Å². The molecule has 12 heteroatoms. The molecule has 2 aromatic heterocycles. The highest BCUT2D eigenvalue weighted by Crippen LogP contribution is 2.27. The summed E-state index contributed by atoms with van der Waals surface area (Å²) in [6.45, 7) is 4.38. The molecule has 0 aliphatic heterocycles. The molecule has 3 aromatic carbocycles. The van der Waals surface area contributed by atoms with E-state index in [4.69, 9.17) is 18.3 Å². The number of thioether (sulfide) groups is 2. The van der Waals surface area contributed by atoms with Crippen LogP contribution in [0.15, 0.2) is 92.1 Å². The molecule has 48 heavy (non-hydrogen) atoms. The van der Waals surface area contributed by atoms with Crippen LogP contribution in [0.4, 0.5) is 0 Å². The van der Waals surface area contributed by atoms with Gasteiger partial charge in [0.2, 0.25) is 11.8 Å². The number of aromatic nitrogens is 4. The Morgan fingerprint density at radius 3 is 1.31 bits per heavy atom. The van der Waals surface area contributed by atoms with E-state index >= 15 is 0 Å². The fourth-order valence-electron chi connectivity index (χ4n) is 4.55. The molecule has 0 radical (unpaired) electrons. The summed E-state index contributed by atoms with van der Waals surface area (Å²) in [5, 5.41) is 17.6. The van der Waals surface area contributed by atoms with Gasteiger partial charge in [0.15, 0.2) is 0 Å². The lowest BCUT2D eigenvalue weighted by molar-refractivity contribution is 0.0720. The Bertz CT molecular complexity index is 1610. The standard InChI is InChI=1S/C36H38N4O6S2/c1-3-5-7-9-23-47-35-39-37-31(45-35)25-15-19-29(20-16-25)43-33(41)27-11-13-28(14-12-27)34(42)44-30-21-17-26(18-22-30)32-38-40-36(46-32)48-24-10-8-6-4-2/h11-22H,3-10,23-24H2,1-2H3.